The van der Waals surface area contributed by atoms with Gasteiger partial charge in [-0.1, -0.05) is 158 Å². The molecule has 0 N–H and O–H groups in total. The molecule has 3 heteroatoms. The highest BCUT2D eigenvalue weighted by Gasteiger charge is 2.50. The second kappa shape index (κ2) is 13.2. The van der Waals surface area contributed by atoms with Crippen molar-refractivity contribution in [3.8, 4) is 6.07 Å². The van der Waals surface area contributed by atoms with Crippen LogP contribution in [0.3, 0.4) is 0 Å². The molecule has 0 saturated carbocycles. The van der Waals surface area contributed by atoms with Gasteiger partial charge in [0.25, 0.3) is 8.32 Å². The molecule has 0 aliphatic heterocycles. The number of allylic oxidation sites excluding steroid dienone is 2. The number of nitrogens with zero attached hydrogens (tertiary/aromatic N) is 1. The summed E-state index contributed by atoms with van der Waals surface area (Å²) in [4.78, 5) is 0. The van der Waals surface area contributed by atoms with E-state index >= 15 is 0 Å². The first-order chi connectivity index (χ1) is 21.8. The van der Waals surface area contributed by atoms with Crippen molar-refractivity contribution < 1.29 is 4.43 Å². The van der Waals surface area contributed by atoms with Gasteiger partial charge in [0.05, 0.1) is 18.6 Å². The van der Waals surface area contributed by atoms with Gasteiger partial charge in [-0.3, -0.25) is 0 Å². The lowest BCUT2D eigenvalue weighted by Gasteiger charge is -2.43. The standard InChI is InChI=1S/C43H51NOSi/c1-32(34-24-25-39-40(29-34)43(7,8)27-26-42(39,5)6)22-23-36(30-44)35-17-15-16-33(28-35)31-45-46(41(2,3)4,37-18-11-9-12-19-37)38-20-13-10-14-21-38/h9-22,24-25,28-29,36H,23,26-27,31H2,1-8H3/b32-22+. The van der Waals surface area contributed by atoms with E-state index in [9.17, 15) is 5.26 Å². The number of nitriles is 1. The molecule has 0 aromatic heterocycles. The minimum atomic E-state index is -2.66. The molecule has 0 saturated heterocycles. The Morgan fingerprint density at radius 2 is 1.39 bits per heavy atom. The molecule has 0 fully saturated rings. The minimum absolute atomic E-state index is 0.0908. The van der Waals surface area contributed by atoms with Crippen molar-refractivity contribution in [2.24, 2.45) is 0 Å². The van der Waals surface area contributed by atoms with Crippen LogP contribution in [0.25, 0.3) is 5.57 Å². The van der Waals surface area contributed by atoms with E-state index in [1.807, 2.05) is 0 Å². The van der Waals surface area contributed by atoms with Gasteiger partial charge < -0.3 is 4.43 Å². The summed E-state index contributed by atoms with van der Waals surface area (Å²) in [5.74, 6) is -0.226. The lowest BCUT2D eigenvalue weighted by molar-refractivity contribution is 0.286. The smallest absolute Gasteiger partial charge is 0.261 e. The summed E-state index contributed by atoms with van der Waals surface area (Å²) in [5.41, 5.74) is 7.97. The Kier molecular flexibility index (Phi) is 9.64. The molecular formula is C43H51NOSi. The third-order valence-electron chi connectivity index (χ3n) is 10.3. The van der Waals surface area contributed by atoms with E-state index in [1.54, 1.807) is 0 Å². The van der Waals surface area contributed by atoms with Gasteiger partial charge in [-0.15, -0.1) is 0 Å². The quantitative estimate of drug-likeness (QED) is 0.173. The molecule has 46 heavy (non-hydrogen) atoms. The largest absolute Gasteiger partial charge is 0.403 e. The summed E-state index contributed by atoms with van der Waals surface area (Å²) in [6.45, 7) is 19.1. The van der Waals surface area contributed by atoms with Crippen molar-refractivity contribution in [3.05, 3.63) is 137 Å². The first-order valence-electron chi connectivity index (χ1n) is 16.8. The summed E-state index contributed by atoms with van der Waals surface area (Å²) in [5, 5.41) is 12.8. The zero-order chi connectivity index (χ0) is 33.2. The first kappa shape index (κ1) is 33.6. The summed E-state index contributed by atoms with van der Waals surface area (Å²) >= 11 is 0. The molecule has 0 amide bonds. The normalized spacial score (nSPS) is 16.7. The topological polar surface area (TPSA) is 33.0 Å². The fraction of sp³-hybridized carbons (Fsp3) is 0.372. The molecule has 0 bridgehead atoms. The van der Waals surface area contributed by atoms with Gasteiger partial charge in [-0.2, -0.15) is 5.26 Å². The summed E-state index contributed by atoms with van der Waals surface area (Å²) in [6, 6.07) is 39.6. The predicted molar refractivity (Wildman–Crippen MR) is 197 cm³/mol. The number of fused-ring (bicyclic) bond motifs is 1. The molecule has 4 aromatic rings. The molecule has 0 spiro atoms. The van der Waals surface area contributed by atoms with E-state index in [2.05, 4.69) is 171 Å². The lowest BCUT2D eigenvalue weighted by Crippen LogP contribution is -2.66. The average Bonchev–Trinajstić information content (AvgIpc) is 3.04. The van der Waals surface area contributed by atoms with E-state index < -0.39 is 8.32 Å². The van der Waals surface area contributed by atoms with Crippen LogP contribution in [-0.2, 0) is 21.9 Å². The molecule has 1 unspecified atom stereocenters. The van der Waals surface area contributed by atoms with E-state index in [0.29, 0.717) is 13.0 Å². The highest BCUT2D eigenvalue weighted by Crippen LogP contribution is 2.46. The fourth-order valence-electron chi connectivity index (χ4n) is 7.36. The first-order valence-corrected chi connectivity index (χ1v) is 18.7. The minimum Gasteiger partial charge on any atom is -0.403 e. The van der Waals surface area contributed by atoms with Crippen LogP contribution < -0.4 is 10.4 Å². The van der Waals surface area contributed by atoms with Gasteiger partial charge in [0.2, 0.25) is 0 Å². The van der Waals surface area contributed by atoms with Gasteiger partial charge in [0.1, 0.15) is 0 Å². The maximum Gasteiger partial charge on any atom is 0.261 e. The number of rotatable bonds is 9. The zero-order valence-corrected chi connectivity index (χ0v) is 30.2. The third-order valence-corrected chi connectivity index (χ3v) is 15.3. The molecule has 2 nitrogen and oxygen atoms in total. The summed E-state index contributed by atoms with van der Waals surface area (Å²) < 4.78 is 7.20. The van der Waals surface area contributed by atoms with Crippen LogP contribution >= 0.6 is 0 Å². The highest BCUT2D eigenvalue weighted by molar-refractivity contribution is 6.99. The Labute approximate surface area is 279 Å². The SMILES string of the molecule is C/C(=C\CC(C#N)c1cccc(CO[Si](c2ccccc2)(c2ccccc2)C(C)(C)C)c1)c1ccc2c(c1)C(C)(C)CCC2(C)C. The van der Waals surface area contributed by atoms with E-state index in [0.717, 1.165) is 11.1 Å². The Morgan fingerprint density at radius 1 is 0.804 bits per heavy atom. The number of benzene rings is 4. The number of hydrogen-bond donors (Lipinski definition) is 0. The molecule has 1 atom stereocenters. The Hall–Kier alpha value is -3.71. The molecule has 0 radical (unpaired) electrons. The molecule has 1 aliphatic rings. The van der Waals surface area contributed by atoms with Crippen LogP contribution in [0.15, 0.2) is 109 Å². The summed E-state index contributed by atoms with van der Waals surface area (Å²) in [6.07, 6.45) is 5.34. The second-order valence-corrected chi connectivity index (χ2v) is 19.8. The molecule has 5 rings (SSSR count). The highest BCUT2D eigenvalue weighted by atomic mass is 28.4. The Morgan fingerprint density at radius 3 is 1.96 bits per heavy atom. The predicted octanol–water partition coefficient (Wildman–Crippen LogP) is 10.2. The second-order valence-electron chi connectivity index (χ2n) is 15.5. The molecule has 0 heterocycles. The maximum atomic E-state index is 10.3. The van der Waals surface area contributed by atoms with Crippen LogP contribution in [0.5, 0.6) is 0 Å². The van der Waals surface area contributed by atoms with Gasteiger partial charge in [-0.25, -0.2) is 0 Å². The summed E-state index contributed by atoms with van der Waals surface area (Å²) in [7, 11) is -2.66. The van der Waals surface area contributed by atoms with Crippen molar-refractivity contribution in [1.29, 1.82) is 5.26 Å². The van der Waals surface area contributed by atoms with E-state index in [-0.39, 0.29) is 21.8 Å². The van der Waals surface area contributed by atoms with Crippen molar-refractivity contribution in [2.45, 2.75) is 103 Å². The number of hydrogen-bond acceptors (Lipinski definition) is 2. The van der Waals surface area contributed by atoms with Crippen LogP contribution in [0, 0.1) is 11.3 Å². The Balaban J connectivity index is 1.39. The molecule has 1 aliphatic carbocycles. The van der Waals surface area contributed by atoms with Crippen molar-refractivity contribution >= 4 is 24.3 Å². The third kappa shape index (κ3) is 6.71. The fourth-order valence-corrected chi connectivity index (χ4v) is 11.9. The average molecular weight is 626 g/mol. The molecule has 238 valence electrons. The van der Waals surface area contributed by atoms with E-state index in [1.165, 1.54) is 45.5 Å². The monoisotopic (exact) mass is 625 g/mol. The lowest BCUT2D eigenvalue weighted by atomic mass is 9.63. The maximum absolute atomic E-state index is 10.3. The van der Waals surface area contributed by atoms with Gasteiger partial charge in [0, 0.05) is 0 Å². The van der Waals surface area contributed by atoms with Crippen molar-refractivity contribution in [2.75, 3.05) is 0 Å². The van der Waals surface area contributed by atoms with Gasteiger partial charge in [-0.05, 0) is 85.8 Å². The zero-order valence-electron chi connectivity index (χ0n) is 29.2. The van der Waals surface area contributed by atoms with Crippen molar-refractivity contribution in [1.82, 2.24) is 0 Å². The van der Waals surface area contributed by atoms with Gasteiger partial charge in [0.15, 0.2) is 0 Å². The van der Waals surface area contributed by atoms with Crippen LogP contribution in [-0.4, -0.2) is 8.32 Å². The van der Waals surface area contributed by atoms with Crippen molar-refractivity contribution in [3.63, 3.8) is 0 Å². The van der Waals surface area contributed by atoms with Crippen LogP contribution in [0.1, 0.15) is 108 Å². The van der Waals surface area contributed by atoms with Gasteiger partial charge >= 0.3 is 0 Å². The van der Waals surface area contributed by atoms with Crippen LogP contribution in [0.2, 0.25) is 5.04 Å². The van der Waals surface area contributed by atoms with Crippen LogP contribution in [0.4, 0.5) is 0 Å². The molecular weight excluding hydrogens is 575 g/mol. The molecule has 4 aromatic carbocycles. The Bertz CT molecular complexity index is 1680. The van der Waals surface area contributed by atoms with E-state index in [4.69, 9.17) is 4.43 Å².